The lowest BCUT2D eigenvalue weighted by atomic mass is 10.1. The fraction of sp³-hybridized carbons (Fsp3) is 0.389. The predicted octanol–water partition coefficient (Wildman–Crippen LogP) is 2.47. The highest BCUT2D eigenvalue weighted by atomic mass is 32.2. The number of benzene rings is 1. The third kappa shape index (κ3) is 3.34. The minimum absolute atomic E-state index is 0.119. The minimum Gasteiger partial charge on any atom is -0.385 e. The number of fused-ring (bicyclic) bond motifs is 1. The smallest absolute Gasteiger partial charge is 0.252 e. The number of para-hydroxylation sites is 1. The van der Waals surface area contributed by atoms with E-state index in [0.717, 1.165) is 23.1 Å². The monoisotopic (exact) mass is 358 g/mol. The van der Waals surface area contributed by atoms with Crippen LogP contribution in [0.2, 0.25) is 0 Å². The summed E-state index contributed by atoms with van der Waals surface area (Å²) in [6.07, 6.45) is 2.56. The molecule has 0 bridgehead atoms. The van der Waals surface area contributed by atoms with Gasteiger partial charge in [-0.3, -0.25) is 4.79 Å². The van der Waals surface area contributed by atoms with Gasteiger partial charge in [-0.15, -0.1) is 0 Å². The Morgan fingerprint density at radius 3 is 2.80 bits per heavy atom. The molecule has 1 aromatic carbocycles. The number of aryl methyl sites for hydroxylation is 2. The van der Waals surface area contributed by atoms with Crippen molar-refractivity contribution >= 4 is 22.7 Å². The Hall–Kier alpha value is -2.12. The number of thioether (sulfide) groups is 1. The van der Waals surface area contributed by atoms with E-state index in [-0.39, 0.29) is 5.56 Å². The molecule has 0 unspecified atom stereocenters. The maximum absolute atomic E-state index is 12.4. The third-order valence-corrected chi connectivity index (χ3v) is 4.86. The molecule has 132 valence electrons. The summed E-state index contributed by atoms with van der Waals surface area (Å²) in [5.74, 6) is 2.07. The van der Waals surface area contributed by atoms with Gasteiger partial charge in [-0.25, -0.2) is 9.67 Å². The molecule has 3 aromatic rings. The van der Waals surface area contributed by atoms with Crippen LogP contribution in [0.1, 0.15) is 31.1 Å². The van der Waals surface area contributed by atoms with Crippen molar-refractivity contribution in [2.45, 2.75) is 25.9 Å². The van der Waals surface area contributed by atoms with Gasteiger partial charge in [0.05, 0.1) is 11.2 Å². The normalized spacial score (nSPS) is 12.6. The van der Waals surface area contributed by atoms with Crippen molar-refractivity contribution in [3.63, 3.8) is 0 Å². The maximum atomic E-state index is 12.4. The van der Waals surface area contributed by atoms with Crippen molar-refractivity contribution in [3.05, 3.63) is 52.3 Å². The van der Waals surface area contributed by atoms with Crippen LogP contribution in [-0.4, -0.2) is 36.4 Å². The standard InChI is InChI=1S/C18H22N4O2S/c1-4-15(23)18-19-16(9-10-25-3)20-22(18)14-11-17(24)21(2)13-8-6-5-7-12(13)14/h5-8,11,15,23H,4,9-10H2,1-3H3/t15-/m0/s1. The van der Waals surface area contributed by atoms with E-state index in [1.54, 1.807) is 34.1 Å². The zero-order chi connectivity index (χ0) is 18.0. The van der Waals surface area contributed by atoms with E-state index in [2.05, 4.69) is 10.1 Å². The van der Waals surface area contributed by atoms with Crippen LogP contribution in [0.15, 0.2) is 35.1 Å². The Morgan fingerprint density at radius 2 is 2.08 bits per heavy atom. The molecule has 25 heavy (non-hydrogen) atoms. The molecule has 2 aromatic heterocycles. The summed E-state index contributed by atoms with van der Waals surface area (Å²) in [6.45, 7) is 1.90. The molecule has 0 aliphatic carbocycles. The highest BCUT2D eigenvalue weighted by molar-refractivity contribution is 7.98. The molecule has 0 aliphatic heterocycles. The molecule has 2 heterocycles. The first-order valence-electron chi connectivity index (χ1n) is 8.28. The third-order valence-electron chi connectivity index (χ3n) is 4.25. The van der Waals surface area contributed by atoms with Gasteiger partial charge in [0.25, 0.3) is 5.56 Å². The number of nitrogens with zero attached hydrogens (tertiary/aromatic N) is 4. The van der Waals surface area contributed by atoms with Crippen LogP contribution in [0.5, 0.6) is 0 Å². The van der Waals surface area contributed by atoms with Gasteiger partial charge in [-0.2, -0.15) is 16.9 Å². The Balaban J connectivity index is 2.25. The number of hydrogen-bond donors (Lipinski definition) is 1. The van der Waals surface area contributed by atoms with Gasteiger partial charge < -0.3 is 9.67 Å². The van der Waals surface area contributed by atoms with Crippen molar-refractivity contribution in [2.75, 3.05) is 12.0 Å². The van der Waals surface area contributed by atoms with Crippen molar-refractivity contribution in [1.82, 2.24) is 19.3 Å². The first kappa shape index (κ1) is 17.7. The highest BCUT2D eigenvalue weighted by Gasteiger charge is 2.20. The molecule has 0 spiro atoms. The number of aliphatic hydroxyl groups excluding tert-OH is 1. The molecule has 3 rings (SSSR count). The second-order valence-corrected chi connectivity index (χ2v) is 6.89. The largest absolute Gasteiger partial charge is 0.385 e. The SMILES string of the molecule is CC[C@H](O)c1nc(CCSC)nn1-c1cc(=O)n(C)c2ccccc12. The zero-order valence-corrected chi connectivity index (χ0v) is 15.5. The van der Waals surface area contributed by atoms with E-state index >= 15 is 0 Å². The molecule has 1 atom stereocenters. The number of pyridine rings is 1. The lowest BCUT2D eigenvalue weighted by Crippen LogP contribution is -2.19. The lowest BCUT2D eigenvalue weighted by molar-refractivity contribution is 0.161. The van der Waals surface area contributed by atoms with Crippen molar-refractivity contribution in [3.8, 4) is 5.69 Å². The van der Waals surface area contributed by atoms with Crippen molar-refractivity contribution in [2.24, 2.45) is 7.05 Å². The minimum atomic E-state index is -0.724. The van der Waals surface area contributed by atoms with E-state index in [1.807, 2.05) is 37.4 Å². The van der Waals surface area contributed by atoms with Gasteiger partial charge in [0.1, 0.15) is 6.10 Å². The molecular formula is C18H22N4O2S. The summed E-state index contributed by atoms with van der Waals surface area (Å²) >= 11 is 1.72. The van der Waals surface area contributed by atoms with Crippen molar-refractivity contribution < 1.29 is 5.11 Å². The van der Waals surface area contributed by atoms with Crippen LogP contribution in [0.25, 0.3) is 16.6 Å². The fourth-order valence-electron chi connectivity index (χ4n) is 2.81. The second kappa shape index (κ2) is 7.41. The highest BCUT2D eigenvalue weighted by Crippen LogP contribution is 2.24. The molecule has 1 N–H and O–H groups in total. The first-order chi connectivity index (χ1) is 12.1. The number of aromatic nitrogens is 4. The Morgan fingerprint density at radius 1 is 1.32 bits per heavy atom. The second-order valence-electron chi connectivity index (χ2n) is 5.91. The summed E-state index contributed by atoms with van der Waals surface area (Å²) in [6, 6.07) is 9.24. The van der Waals surface area contributed by atoms with Crippen molar-refractivity contribution in [1.29, 1.82) is 0 Å². The van der Waals surface area contributed by atoms with Gasteiger partial charge in [0, 0.05) is 30.7 Å². The van der Waals surface area contributed by atoms with Crippen LogP contribution in [0.4, 0.5) is 0 Å². The van der Waals surface area contributed by atoms with E-state index in [4.69, 9.17) is 0 Å². The summed E-state index contributed by atoms with van der Waals surface area (Å²) < 4.78 is 3.24. The molecule has 0 fully saturated rings. The van der Waals surface area contributed by atoms with Crippen LogP contribution >= 0.6 is 11.8 Å². The molecular weight excluding hydrogens is 336 g/mol. The van der Waals surface area contributed by atoms with E-state index in [1.165, 1.54) is 0 Å². The molecule has 0 radical (unpaired) electrons. The molecule has 7 heteroatoms. The van der Waals surface area contributed by atoms with Gasteiger partial charge in [-0.1, -0.05) is 25.1 Å². The average molecular weight is 358 g/mol. The van der Waals surface area contributed by atoms with Crippen LogP contribution in [0.3, 0.4) is 0 Å². The van der Waals surface area contributed by atoms with E-state index < -0.39 is 6.10 Å². The summed E-state index contributed by atoms with van der Waals surface area (Å²) in [4.78, 5) is 16.9. The first-order valence-corrected chi connectivity index (χ1v) is 9.68. The van der Waals surface area contributed by atoms with Crippen LogP contribution < -0.4 is 5.56 Å². The Bertz CT molecular complexity index is 948. The predicted molar refractivity (Wildman–Crippen MR) is 101 cm³/mol. The molecule has 0 saturated carbocycles. The number of rotatable bonds is 6. The van der Waals surface area contributed by atoms with Gasteiger partial charge >= 0.3 is 0 Å². The van der Waals surface area contributed by atoms with Gasteiger partial charge in [0.2, 0.25) is 0 Å². The fourth-order valence-corrected chi connectivity index (χ4v) is 3.20. The summed E-state index contributed by atoms with van der Waals surface area (Å²) in [5, 5.41) is 15.9. The molecule has 6 nitrogen and oxygen atoms in total. The van der Waals surface area contributed by atoms with Crippen LogP contribution in [-0.2, 0) is 13.5 Å². The Labute approximate surface area is 150 Å². The molecule has 0 saturated heterocycles. The van der Waals surface area contributed by atoms with Gasteiger partial charge in [0.15, 0.2) is 11.6 Å². The van der Waals surface area contributed by atoms with Gasteiger partial charge in [-0.05, 0) is 18.7 Å². The average Bonchev–Trinajstić information content (AvgIpc) is 3.06. The topological polar surface area (TPSA) is 72.9 Å². The summed E-state index contributed by atoms with van der Waals surface area (Å²) in [7, 11) is 1.75. The van der Waals surface area contributed by atoms with E-state index in [9.17, 15) is 9.90 Å². The summed E-state index contributed by atoms with van der Waals surface area (Å²) in [5.41, 5.74) is 1.36. The number of hydrogen-bond acceptors (Lipinski definition) is 5. The van der Waals surface area contributed by atoms with Crippen LogP contribution in [0, 0.1) is 0 Å². The Kier molecular flexibility index (Phi) is 5.24. The lowest BCUT2D eigenvalue weighted by Gasteiger charge is -2.13. The number of aliphatic hydroxyl groups is 1. The van der Waals surface area contributed by atoms with E-state index in [0.29, 0.717) is 23.8 Å². The molecule has 0 amide bonds. The zero-order valence-electron chi connectivity index (χ0n) is 14.6. The molecule has 0 aliphatic rings. The quantitative estimate of drug-likeness (QED) is 0.733. The maximum Gasteiger partial charge on any atom is 0.252 e.